The molecular weight excluding hydrogens is 456 g/mol. The lowest BCUT2D eigenvalue weighted by Crippen LogP contribution is -2.22. The number of hydrogen-bond donors (Lipinski definition) is 1. The zero-order chi connectivity index (χ0) is 24.2. The van der Waals surface area contributed by atoms with Gasteiger partial charge in [-0.3, -0.25) is 9.36 Å². The predicted molar refractivity (Wildman–Crippen MR) is 132 cm³/mol. The highest BCUT2D eigenvalue weighted by Gasteiger charge is 2.13. The number of para-hydroxylation sites is 1. The van der Waals surface area contributed by atoms with Crippen molar-refractivity contribution < 1.29 is 19.4 Å². The fourth-order valence-electron chi connectivity index (χ4n) is 3.58. The number of rotatable bonds is 7. The first kappa shape index (κ1) is 23.1. The van der Waals surface area contributed by atoms with Crippen molar-refractivity contribution in [3.63, 3.8) is 0 Å². The molecule has 0 saturated carbocycles. The maximum absolute atomic E-state index is 13.4. The van der Waals surface area contributed by atoms with Gasteiger partial charge in [0.1, 0.15) is 5.82 Å². The van der Waals surface area contributed by atoms with Crippen LogP contribution in [-0.4, -0.2) is 34.3 Å². The molecule has 0 unspecified atom stereocenters. The molecule has 0 amide bonds. The van der Waals surface area contributed by atoms with Gasteiger partial charge < -0.3 is 14.6 Å². The molecule has 0 radical (unpaired) electrons. The van der Waals surface area contributed by atoms with Gasteiger partial charge in [0.25, 0.3) is 5.56 Å². The minimum Gasteiger partial charge on any atom is -0.491 e. The summed E-state index contributed by atoms with van der Waals surface area (Å²) < 4.78 is 12.4. The van der Waals surface area contributed by atoms with Crippen molar-refractivity contribution in [1.82, 2.24) is 9.55 Å². The molecule has 8 heteroatoms. The molecule has 3 aromatic carbocycles. The highest BCUT2D eigenvalue weighted by Crippen LogP contribution is 2.36. The number of fused-ring (bicyclic) bond motifs is 1. The lowest BCUT2D eigenvalue weighted by molar-refractivity contribution is 0.0697. The van der Waals surface area contributed by atoms with Gasteiger partial charge in [-0.15, -0.1) is 0 Å². The van der Waals surface area contributed by atoms with Gasteiger partial charge in [0.05, 0.1) is 40.9 Å². The standard InChI is InChI=1S/C26H21ClN2O5/c1-3-34-22-15-16(14-20(27)24(22)33-2)8-13-23-28-21-7-5-4-6-19(21)25(30)29(23)18-11-9-17(10-12-18)26(31)32/h4-15H,3H2,1-2H3,(H,31,32)/b13-8+. The lowest BCUT2D eigenvalue weighted by Gasteiger charge is -2.13. The van der Waals surface area contributed by atoms with E-state index in [0.29, 0.717) is 45.5 Å². The van der Waals surface area contributed by atoms with Gasteiger partial charge in [0, 0.05) is 0 Å². The first-order valence-electron chi connectivity index (χ1n) is 10.5. The summed E-state index contributed by atoms with van der Waals surface area (Å²) >= 11 is 6.37. The third-order valence-electron chi connectivity index (χ3n) is 5.13. The molecule has 0 saturated heterocycles. The molecule has 0 bridgehead atoms. The Morgan fingerprint density at radius 1 is 1.12 bits per heavy atom. The third-order valence-corrected chi connectivity index (χ3v) is 5.42. The fourth-order valence-corrected chi connectivity index (χ4v) is 3.88. The molecule has 0 aliphatic rings. The number of nitrogens with zero attached hydrogens (tertiary/aromatic N) is 2. The highest BCUT2D eigenvalue weighted by atomic mass is 35.5. The van der Waals surface area contributed by atoms with Crippen LogP contribution in [0.1, 0.15) is 28.7 Å². The predicted octanol–water partition coefficient (Wildman–Crippen LogP) is 5.32. The minimum atomic E-state index is -1.04. The summed E-state index contributed by atoms with van der Waals surface area (Å²) in [6.45, 7) is 2.31. The van der Waals surface area contributed by atoms with Gasteiger partial charge >= 0.3 is 5.97 Å². The summed E-state index contributed by atoms with van der Waals surface area (Å²) in [5, 5.41) is 10.0. The van der Waals surface area contributed by atoms with E-state index in [0.717, 1.165) is 5.56 Å². The van der Waals surface area contributed by atoms with Crippen molar-refractivity contribution in [2.45, 2.75) is 6.92 Å². The second-order valence-electron chi connectivity index (χ2n) is 7.28. The van der Waals surface area contributed by atoms with Crippen LogP contribution >= 0.6 is 11.6 Å². The topological polar surface area (TPSA) is 90.7 Å². The van der Waals surface area contributed by atoms with Crippen LogP contribution in [0.3, 0.4) is 0 Å². The molecule has 0 aliphatic heterocycles. The first-order chi connectivity index (χ1) is 16.4. The largest absolute Gasteiger partial charge is 0.491 e. The number of aromatic nitrogens is 2. The van der Waals surface area contributed by atoms with Crippen molar-refractivity contribution >= 4 is 40.6 Å². The quantitative estimate of drug-likeness (QED) is 0.388. The van der Waals surface area contributed by atoms with E-state index in [1.807, 2.05) is 13.0 Å². The Hall–Kier alpha value is -4.10. The molecule has 172 valence electrons. The van der Waals surface area contributed by atoms with Crippen LogP contribution < -0.4 is 15.0 Å². The van der Waals surface area contributed by atoms with Crippen molar-refractivity contribution in [2.75, 3.05) is 13.7 Å². The molecule has 1 N–H and O–H groups in total. The molecule has 7 nitrogen and oxygen atoms in total. The first-order valence-corrected chi connectivity index (χ1v) is 10.8. The van der Waals surface area contributed by atoms with Crippen LogP contribution in [0.5, 0.6) is 11.5 Å². The Morgan fingerprint density at radius 3 is 2.53 bits per heavy atom. The second-order valence-corrected chi connectivity index (χ2v) is 7.69. The number of hydrogen-bond acceptors (Lipinski definition) is 5. The summed E-state index contributed by atoms with van der Waals surface area (Å²) in [4.78, 5) is 29.3. The highest BCUT2D eigenvalue weighted by molar-refractivity contribution is 6.32. The van der Waals surface area contributed by atoms with Crippen molar-refractivity contribution in [1.29, 1.82) is 0 Å². The third kappa shape index (κ3) is 4.51. The summed E-state index contributed by atoms with van der Waals surface area (Å²) in [6.07, 6.45) is 3.47. The van der Waals surface area contributed by atoms with E-state index < -0.39 is 5.97 Å². The van der Waals surface area contributed by atoms with E-state index in [9.17, 15) is 14.7 Å². The van der Waals surface area contributed by atoms with Crippen LogP contribution in [0.2, 0.25) is 5.02 Å². The number of methoxy groups -OCH3 is 1. The Kier molecular flexibility index (Phi) is 6.65. The summed E-state index contributed by atoms with van der Waals surface area (Å²) in [7, 11) is 1.52. The van der Waals surface area contributed by atoms with Crippen LogP contribution in [0, 0.1) is 0 Å². The zero-order valence-electron chi connectivity index (χ0n) is 18.5. The molecule has 1 heterocycles. The molecule has 1 aromatic heterocycles. The molecule has 0 spiro atoms. The van der Waals surface area contributed by atoms with Crippen LogP contribution in [-0.2, 0) is 0 Å². The summed E-state index contributed by atoms with van der Waals surface area (Å²) in [6, 6.07) is 16.6. The van der Waals surface area contributed by atoms with E-state index >= 15 is 0 Å². The van der Waals surface area contributed by atoms with Crippen molar-refractivity contribution in [3.8, 4) is 17.2 Å². The fraction of sp³-hybridized carbons (Fsp3) is 0.115. The van der Waals surface area contributed by atoms with E-state index in [1.54, 1.807) is 54.6 Å². The average molecular weight is 477 g/mol. The maximum Gasteiger partial charge on any atom is 0.335 e. The smallest absolute Gasteiger partial charge is 0.335 e. The van der Waals surface area contributed by atoms with Crippen LogP contribution in [0.4, 0.5) is 0 Å². The van der Waals surface area contributed by atoms with E-state index in [-0.39, 0.29) is 11.1 Å². The molecule has 4 rings (SSSR count). The normalized spacial score (nSPS) is 11.1. The van der Waals surface area contributed by atoms with Crippen molar-refractivity contribution in [2.24, 2.45) is 0 Å². The molecule has 0 fully saturated rings. The van der Waals surface area contributed by atoms with E-state index in [4.69, 9.17) is 21.1 Å². The molecule has 34 heavy (non-hydrogen) atoms. The van der Waals surface area contributed by atoms with Gasteiger partial charge in [-0.1, -0.05) is 29.8 Å². The Morgan fingerprint density at radius 2 is 1.85 bits per heavy atom. The van der Waals surface area contributed by atoms with Gasteiger partial charge in [-0.25, -0.2) is 9.78 Å². The summed E-state index contributed by atoms with van der Waals surface area (Å²) in [5.41, 5.74) is 1.63. The molecular formula is C26H21ClN2O5. The van der Waals surface area contributed by atoms with Gasteiger partial charge in [-0.05, 0) is 67.1 Å². The van der Waals surface area contributed by atoms with Crippen LogP contribution in [0.15, 0.2) is 65.5 Å². The average Bonchev–Trinajstić information content (AvgIpc) is 2.83. The SMILES string of the molecule is CCOc1cc(/C=C/c2nc3ccccc3c(=O)n2-c2ccc(C(=O)O)cc2)cc(Cl)c1OC. The lowest BCUT2D eigenvalue weighted by atomic mass is 10.1. The van der Waals surface area contributed by atoms with Gasteiger partial charge in [0.15, 0.2) is 11.5 Å². The Balaban J connectivity index is 1.87. The number of aromatic carboxylic acids is 1. The zero-order valence-corrected chi connectivity index (χ0v) is 19.2. The van der Waals surface area contributed by atoms with Gasteiger partial charge in [0.2, 0.25) is 0 Å². The minimum absolute atomic E-state index is 0.124. The molecule has 0 atom stereocenters. The Labute approximate surface area is 200 Å². The van der Waals surface area contributed by atoms with Crippen LogP contribution in [0.25, 0.3) is 28.7 Å². The molecule has 4 aromatic rings. The number of ether oxygens (including phenoxy) is 2. The Bertz CT molecular complexity index is 1460. The van der Waals surface area contributed by atoms with Gasteiger partial charge in [-0.2, -0.15) is 0 Å². The maximum atomic E-state index is 13.4. The van der Waals surface area contributed by atoms with E-state index in [1.165, 1.54) is 23.8 Å². The monoisotopic (exact) mass is 476 g/mol. The number of benzene rings is 3. The number of carboxylic acid groups (broad SMARTS) is 1. The second kappa shape index (κ2) is 9.80. The number of carboxylic acids is 1. The van der Waals surface area contributed by atoms with Crippen molar-refractivity contribution in [3.05, 3.63) is 93.0 Å². The molecule has 0 aliphatic carbocycles. The number of halogens is 1. The summed E-state index contributed by atoms with van der Waals surface area (Å²) in [5.74, 6) is 0.277. The number of carbonyl (C=O) groups is 1. The van der Waals surface area contributed by atoms with E-state index in [2.05, 4.69) is 4.98 Å².